The summed E-state index contributed by atoms with van der Waals surface area (Å²) in [5.74, 6) is 0.451. The van der Waals surface area contributed by atoms with Gasteiger partial charge in [-0.25, -0.2) is 0 Å². The van der Waals surface area contributed by atoms with Crippen molar-refractivity contribution in [2.24, 2.45) is 11.7 Å². The van der Waals surface area contributed by atoms with E-state index in [0.29, 0.717) is 18.9 Å². The predicted octanol–water partition coefficient (Wildman–Crippen LogP) is 1.86. The molecule has 0 spiro atoms. The number of hydrogen-bond acceptors (Lipinski definition) is 3. The monoisotopic (exact) mass is 278 g/mol. The molecule has 2 unspecified atom stereocenters. The van der Waals surface area contributed by atoms with Crippen LogP contribution in [0.4, 0.5) is 0 Å². The van der Waals surface area contributed by atoms with Crippen molar-refractivity contribution >= 4 is 18.3 Å². The second kappa shape index (κ2) is 7.97. The fourth-order valence-corrected chi connectivity index (χ4v) is 2.18. The molecule has 0 aliphatic heterocycles. The smallest absolute Gasteiger partial charge is 0.220 e. The van der Waals surface area contributed by atoms with Crippen LogP contribution in [0.25, 0.3) is 0 Å². The summed E-state index contributed by atoms with van der Waals surface area (Å²) in [6.45, 7) is 4.46. The van der Waals surface area contributed by atoms with Crippen LogP contribution >= 0.6 is 12.4 Å². The highest BCUT2D eigenvalue weighted by molar-refractivity contribution is 5.85. The van der Waals surface area contributed by atoms with E-state index in [4.69, 9.17) is 10.5 Å². The first kappa shape index (κ1) is 17.7. The molecular formula is C13H27ClN2O2. The Bertz CT molecular complexity index is 259. The van der Waals surface area contributed by atoms with Crippen molar-refractivity contribution in [3.8, 4) is 0 Å². The number of rotatable bonds is 5. The van der Waals surface area contributed by atoms with E-state index in [-0.39, 0.29) is 30.0 Å². The van der Waals surface area contributed by atoms with E-state index in [9.17, 15) is 4.79 Å². The number of nitrogens with one attached hydrogen (secondary N) is 1. The molecule has 1 saturated carbocycles. The van der Waals surface area contributed by atoms with E-state index in [1.165, 1.54) is 12.8 Å². The Kier molecular flexibility index (Phi) is 7.83. The van der Waals surface area contributed by atoms with E-state index in [0.717, 1.165) is 12.8 Å². The van der Waals surface area contributed by atoms with Crippen LogP contribution in [0.2, 0.25) is 0 Å². The summed E-state index contributed by atoms with van der Waals surface area (Å²) in [4.78, 5) is 11.8. The molecule has 3 N–H and O–H groups in total. The Balaban J connectivity index is 0.00000289. The Morgan fingerprint density at radius 1 is 1.39 bits per heavy atom. The molecule has 4 nitrogen and oxygen atoms in total. The third-order valence-electron chi connectivity index (χ3n) is 3.68. The standard InChI is InChI=1S/C13H26N2O2.ClH/c1-13(2,17-3)9-15-12(16)8-10-6-4-5-7-11(10)14;/h10-11H,4-9,14H2,1-3H3,(H,15,16);1H. The first-order valence-corrected chi connectivity index (χ1v) is 6.52. The van der Waals surface area contributed by atoms with Gasteiger partial charge in [-0.3, -0.25) is 4.79 Å². The van der Waals surface area contributed by atoms with Gasteiger partial charge in [-0.2, -0.15) is 0 Å². The lowest BCUT2D eigenvalue weighted by atomic mass is 9.83. The molecule has 2 atom stereocenters. The van der Waals surface area contributed by atoms with Gasteiger partial charge in [0.1, 0.15) is 0 Å². The molecule has 0 saturated heterocycles. The average Bonchev–Trinajstić information content (AvgIpc) is 2.30. The van der Waals surface area contributed by atoms with Gasteiger partial charge in [0.15, 0.2) is 0 Å². The van der Waals surface area contributed by atoms with Crippen molar-refractivity contribution in [1.82, 2.24) is 5.32 Å². The average molecular weight is 279 g/mol. The lowest BCUT2D eigenvalue weighted by Gasteiger charge is -2.29. The van der Waals surface area contributed by atoms with Gasteiger partial charge in [0.25, 0.3) is 0 Å². The van der Waals surface area contributed by atoms with Crippen LogP contribution in [-0.2, 0) is 9.53 Å². The number of amides is 1. The Morgan fingerprint density at radius 2 is 2.00 bits per heavy atom. The first-order valence-electron chi connectivity index (χ1n) is 6.52. The molecular weight excluding hydrogens is 252 g/mol. The molecule has 5 heteroatoms. The van der Waals surface area contributed by atoms with Crippen molar-refractivity contribution in [3.05, 3.63) is 0 Å². The zero-order chi connectivity index (χ0) is 12.9. The number of carbonyl (C=O) groups excluding carboxylic acids is 1. The van der Waals surface area contributed by atoms with Gasteiger partial charge in [-0.15, -0.1) is 12.4 Å². The van der Waals surface area contributed by atoms with Crippen LogP contribution in [0.5, 0.6) is 0 Å². The molecule has 0 bridgehead atoms. The minimum atomic E-state index is -0.301. The lowest BCUT2D eigenvalue weighted by molar-refractivity contribution is -0.123. The summed E-state index contributed by atoms with van der Waals surface area (Å²) in [6, 6.07) is 0.199. The molecule has 1 rings (SSSR count). The van der Waals surface area contributed by atoms with Crippen LogP contribution in [0.15, 0.2) is 0 Å². The van der Waals surface area contributed by atoms with Crippen molar-refractivity contribution < 1.29 is 9.53 Å². The van der Waals surface area contributed by atoms with Gasteiger partial charge in [-0.1, -0.05) is 12.8 Å². The van der Waals surface area contributed by atoms with Crippen molar-refractivity contribution in [1.29, 1.82) is 0 Å². The highest BCUT2D eigenvalue weighted by Gasteiger charge is 2.25. The summed E-state index contributed by atoms with van der Waals surface area (Å²) in [5.41, 5.74) is 5.73. The second-order valence-corrected chi connectivity index (χ2v) is 5.65. The highest BCUT2D eigenvalue weighted by atomic mass is 35.5. The maximum Gasteiger partial charge on any atom is 0.220 e. The van der Waals surface area contributed by atoms with Gasteiger partial charge in [0, 0.05) is 26.1 Å². The van der Waals surface area contributed by atoms with Gasteiger partial charge in [0.05, 0.1) is 5.60 Å². The van der Waals surface area contributed by atoms with E-state index in [2.05, 4.69) is 5.32 Å². The predicted molar refractivity (Wildman–Crippen MR) is 75.9 cm³/mol. The normalized spacial score (nSPS) is 24.2. The van der Waals surface area contributed by atoms with Crippen LogP contribution in [0, 0.1) is 5.92 Å². The van der Waals surface area contributed by atoms with Gasteiger partial charge in [0.2, 0.25) is 5.91 Å². The fourth-order valence-electron chi connectivity index (χ4n) is 2.18. The SMILES string of the molecule is COC(C)(C)CNC(=O)CC1CCCCC1N.Cl. The largest absolute Gasteiger partial charge is 0.377 e. The minimum absolute atomic E-state index is 0. The second-order valence-electron chi connectivity index (χ2n) is 5.65. The summed E-state index contributed by atoms with van der Waals surface area (Å²) < 4.78 is 5.26. The fraction of sp³-hybridized carbons (Fsp3) is 0.923. The molecule has 0 aromatic carbocycles. The summed E-state index contributed by atoms with van der Waals surface area (Å²) in [6.07, 6.45) is 5.11. The van der Waals surface area contributed by atoms with Crippen LogP contribution in [-0.4, -0.2) is 31.2 Å². The van der Waals surface area contributed by atoms with Crippen molar-refractivity contribution in [2.45, 2.75) is 57.6 Å². The van der Waals surface area contributed by atoms with Crippen molar-refractivity contribution in [2.75, 3.05) is 13.7 Å². The minimum Gasteiger partial charge on any atom is -0.377 e. The maximum absolute atomic E-state index is 11.8. The Hall–Kier alpha value is -0.320. The number of hydrogen-bond donors (Lipinski definition) is 2. The molecule has 0 radical (unpaired) electrons. The molecule has 0 aromatic heterocycles. The van der Waals surface area contributed by atoms with Crippen LogP contribution < -0.4 is 11.1 Å². The van der Waals surface area contributed by atoms with E-state index in [1.807, 2.05) is 13.8 Å². The molecule has 1 aliphatic carbocycles. The molecule has 1 aliphatic rings. The zero-order valence-electron chi connectivity index (χ0n) is 11.7. The third-order valence-corrected chi connectivity index (χ3v) is 3.68. The van der Waals surface area contributed by atoms with Gasteiger partial charge in [-0.05, 0) is 32.6 Å². The van der Waals surface area contributed by atoms with E-state index >= 15 is 0 Å². The summed E-state index contributed by atoms with van der Waals surface area (Å²) in [5, 5.41) is 2.92. The number of methoxy groups -OCH3 is 1. The van der Waals surface area contributed by atoms with E-state index < -0.39 is 0 Å². The highest BCUT2D eigenvalue weighted by Crippen LogP contribution is 2.25. The third kappa shape index (κ3) is 6.03. The van der Waals surface area contributed by atoms with Crippen molar-refractivity contribution in [3.63, 3.8) is 0 Å². The van der Waals surface area contributed by atoms with Crippen LogP contribution in [0.1, 0.15) is 46.0 Å². The zero-order valence-corrected chi connectivity index (χ0v) is 12.5. The number of nitrogens with two attached hydrogens (primary N) is 1. The van der Waals surface area contributed by atoms with Gasteiger partial charge < -0.3 is 15.8 Å². The molecule has 1 fully saturated rings. The first-order chi connectivity index (χ1) is 7.94. The van der Waals surface area contributed by atoms with Gasteiger partial charge >= 0.3 is 0 Å². The maximum atomic E-state index is 11.8. The quantitative estimate of drug-likeness (QED) is 0.807. The number of halogens is 1. The Morgan fingerprint density at radius 3 is 2.56 bits per heavy atom. The molecule has 18 heavy (non-hydrogen) atoms. The molecule has 1 amide bonds. The molecule has 0 heterocycles. The molecule has 108 valence electrons. The van der Waals surface area contributed by atoms with E-state index in [1.54, 1.807) is 7.11 Å². The topological polar surface area (TPSA) is 64.3 Å². The summed E-state index contributed by atoms with van der Waals surface area (Å²) in [7, 11) is 1.66. The number of ether oxygens (including phenoxy) is 1. The van der Waals surface area contributed by atoms with Crippen LogP contribution in [0.3, 0.4) is 0 Å². The lowest BCUT2D eigenvalue weighted by Crippen LogP contribution is -2.42. The summed E-state index contributed by atoms with van der Waals surface area (Å²) >= 11 is 0. The molecule has 0 aromatic rings. The Labute approximate surface area is 116 Å². The number of carbonyl (C=O) groups is 1.